The van der Waals surface area contributed by atoms with E-state index in [0.717, 1.165) is 58.9 Å². The van der Waals surface area contributed by atoms with E-state index in [1.54, 1.807) is 6.07 Å². The molecular weight excluding hydrogens is 466 g/mol. The lowest BCUT2D eigenvalue weighted by Gasteiger charge is -2.52. The summed E-state index contributed by atoms with van der Waals surface area (Å²) in [5.41, 5.74) is 3.17. The van der Waals surface area contributed by atoms with Crippen LogP contribution in [0.1, 0.15) is 66.2 Å². The molecule has 3 atom stereocenters. The molecule has 0 spiro atoms. The van der Waals surface area contributed by atoms with Crippen LogP contribution in [0, 0.1) is 26.7 Å². The van der Waals surface area contributed by atoms with Crippen LogP contribution in [0.25, 0.3) is 21.9 Å². The first-order valence-corrected chi connectivity index (χ1v) is 13.3. The van der Waals surface area contributed by atoms with Gasteiger partial charge in [-0.3, -0.25) is 4.79 Å². The maximum Gasteiger partial charge on any atom is 0.340 e. The molecule has 2 aliphatic rings. The second-order valence-electron chi connectivity index (χ2n) is 10.9. The lowest BCUT2D eigenvalue weighted by atomic mass is 9.66. The van der Waals surface area contributed by atoms with Crippen molar-refractivity contribution in [3.05, 3.63) is 80.9 Å². The number of furan rings is 1. The summed E-state index contributed by atoms with van der Waals surface area (Å²) in [7, 11) is 0. The highest BCUT2D eigenvalue weighted by molar-refractivity contribution is 5.97. The number of carbonyl (C=O) groups is 1. The van der Waals surface area contributed by atoms with E-state index in [1.807, 2.05) is 62.1 Å². The van der Waals surface area contributed by atoms with Gasteiger partial charge in [-0.1, -0.05) is 43.2 Å². The van der Waals surface area contributed by atoms with Crippen LogP contribution in [0.3, 0.4) is 0 Å². The van der Waals surface area contributed by atoms with Crippen LogP contribution in [0.4, 0.5) is 0 Å². The number of hydrogen-bond donors (Lipinski definition) is 1. The molecular formula is C31H33NO5. The van der Waals surface area contributed by atoms with Gasteiger partial charge in [0, 0.05) is 29.3 Å². The molecule has 1 aliphatic carbocycles. The quantitative estimate of drug-likeness (QED) is 0.355. The van der Waals surface area contributed by atoms with Crippen molar-refractivity contribution in [2.75, 3.05) is 6.54 Å². The van der Waals surface area contributed by atoms with Crippen molar-refractivity contribution in [2.24, 2.45) is 5.92 Å². The second-order valence-corrected chi connectivity index (χ2v) is 10.9. The fourth-order valence-corrected chi connectivity index (χ4v) is 6.71. The third-order valence-electron chi connectivity index (χ3n) is 8.94. The lowest BCUT2D eigenvalue weighted by Crippen LogP contribution is -2.56. The average Bonchev–Trinajstić information content (AvgIpc) is 3.17. The highest BCUT2D eigenvalue weighted by atomic mass is 16.4. The fourth-order valence-electron chi connectivity index (χ4n) is 6.71. The maximum atomic E-state index is 13.9. The van der Waals surface area contributed by atoms with Crippen LogP contribution in [0.5, 0.6) is 0 Å². The Morgan fingerprint density at radius 2 is 1.73 bits per heavy atom. The molecule has 6 nitrogen and oxygen atoms in total. The Morgan fingerprint density at radius 1 is 1.00 bits per heavy atom. The Balaban J connectivity index is 1.39. The van der Waals surface area contributed by atoms with E-state index < -0.39 is 11.2 Å². The minimum Gasteiger partial charge on any atom is -0.461 e. The zero-order valence-corrected chi connectivity index (χ0v) is 21.7. The zero-order valence-electron chi connectivity index (χ0n) is 21.7. The smallest absolute Gasteiger partial charge is 0.340 e. The SMILES string of the molecule is Cc1oc2cc3oc(=O)c(CC(=O)N4CC[C@@]5(O)CCCC[C@H]5[C@@H]4c4ccccc4)c(C)c3cc2c1C. The standard InChI is InChI=1S/C31H33NO5/c1-18-20(3)36-26-17-27-23(15-22(18)26)19(2)24(30(34)37-27)16-28(33)32-14-13-31(35)12-8-7-11-25(31)29(32)21-9-5-4-6-10-21/h4-6,9-10,15,17,25,29,35H,7-8,11-14,16H2,1-3H3/t25-,29-,31-/m0/s1. The van der Waals surface area contributed by atoms with Crippen LogP contribution in [0.15, 0.2) is 56.1 Å². The van der Waals surface area contributed by atoms with Gasteiger partial charge in [0.05, 0.1) is 23.6 Å². The van der Waals surface area contributed by atoms with Crippen LogP contribution in [0.2, 0.25) is 0 Å². The van der Waals surface area contributed by atoms with Gasteiger partial charge in [-0.2, -0.15) is 0 Å². The molecule has 0 bridgehead atoms. The van der Waals surface area contributed by atoms with Gasteiger partial charge in [0.25, 0.3) is 0 Å². The number of aryl methyl sites for hydroxylation is 3. The Bertz CT molecular complexity index is 1570. The average molecular weight is 500 g/mol. The van der Waals surface area contributed by atoms with Crippen molar-refractivity contribution in [1.82, 2.24) is 4.90 Å². The van der Waals surface area contributed by atoms with E-state index in [0.29, 0.717) is 29.7 Å². The Kier molecular flexibility index (Phi) is 5.75. The van der Waals surface area contributed by atoms with E-state index in [9.17, 15) is 14.7 Å². The first-order chi connectivity index (χ1) is 17.8. The summed E-state index contributed by atoms with van der Waals surface area (Å²) in [6, 6.07) is 13.6. The number of carbonyl (C=O) groups excluding carboxylic acids is 1. The Hall–Kier alpha value is -3.38. The predicted molar refractivity (Wildman–Crippen MR) is 143 cm³/mol. The van der Waals surface area contributed by atoms with Gasteiger partial charge in [-0.05, 0) is 62.8 Å². The van der Waals surface area contributed by atoms with Crippen molar-refractivity contribution in [2.45, 2.75) is 70.9 Å². The van der Waals surface area contributed by atoms with Crippen LogP contribution in [-0.4, -0.2) is 28.1 Å². The number of nitrogens with zero attached hydrogens (tertiary/aromatic N) is 1. The van der Waals surface area contributed by atoms with Gasteiger partial charge in [0.1, 0.15) is 16.9 Å². The van der Waals surface area contributed by atoms with Crippen molar-refractivity contribution >= 4 is 27.8 Å². The number of hydrogen-bond acceptors (Lipinski definition) is 5. The third kappa shape index (κ3) is 3.89. The highest BCUT2D eigenvalue weighted by Gasteiger charge is 2.50. The van der Waals surface area contributed by atoms with Gasteiger partial charge in [-0.25, -0.2) is 4.79 Å². The molecule has 6 heteroatoms. The molecule has 3 heterocycles. The van der Waals surface area contributed by atoms with Crippen LogP contribution < -0.4 is 5.63 Å². The number of likely N-dealkylation sites (tertiary alicyclic amines) is 1. The van der Waals surface area contributed by atoms with E-state index in [1.165, 1.54) is 0 Å². The van der Waals surface area contributed by atoms with Crippen LogP contribution >= 0.6 is 0 Å². The van der Waals surface area contributed by atoms with Crippen molar-refractivity contribution in [3.8, 4) is 0 Å². The molecule has 37 heavy (non-hydrogen) atoms. The number of aliphatic hydroxyl groups is 1. The lowest BCUT2D eigenvalue weighted by molar-refractivity contribution is -0.154. The first-order valence-electron chi connectivity index (χ1n) is 13.3. The monoisotopic (exact) mass is 499 g/mol. The molecule has 192 valence electrons. The predicted octanol–water partition coefficient (Wildman–Crippen LogP) is 5.90. The molecule has 6 rings (SSSR count). The molecule has 1 N–H and O–H groups in total. The van der Waals surface area contributed by atoms with E-state index >= 15 is 0 Å². The molecule has 0 radical (unpaired) electrons. The largest absolute Gasteiger partial charge is 0.461 e. The minimum absolute atomic E-state index is 0.0175. The fraction of sp³-hybridized carbons (Fsp3) is 0.419. The molecule has 2 fully saturated rings. The Morgan fingerprint density at radius 3 is 2.51 bits per heavy atom. The molecule has 4 aromatic rings. The van der Waals surface area contributed by atoms with Crippen molar-refractivity contribution in [3.63, 3.8) is 0 Å². The molecule has 1 saturated heterocycles. The van der Waals surface area contributed by atoms with Crippen LogP contribution in [-0.2, 0) is 11.2 Å². The van der Waals surface area contributed by atoms with E-state index in [2.05, 4.69) is 0 Å². The molecule has 2 aromatic heterocycles. The summed E-state index contributed by atoms with van der Waals surface area (Å²) < 4.78 is 11.5. The first kappa shape index (κ1) is 24.0. The molecule has 1 saturated carbocycles. The molecule has 1 aliphatic heterocycles. The molecule has 1 amide bonds. The van der Waals surface area contributed by atoms with Gasteiger partial charge < -0.3 is 18.8 Å². The summed E-state index contributed by atoms with van der Waals surface area (Å²) >= 11 is 0. The minimum atomic E-state index is -0.751. The van der Waals surface area contributed by atoms with Crippen molar-refractivity contribution in [1.29, 1.82) is 0 Å². The van der Waals surface area contributed by atoms with Gasteiger partial charge >= 0.3 is 5.63 Å². The number of benzene rings is 2. The number of rotatable bonds is 3. The Labute approximate surface area is 215 Å². The summed E-state index contributed by atoms with van der Waals surface area (Å²) in [6.45, 7) is 6.29. The summed E-state index contributed by atoms with van der Waals surface area (Å²) in [6.07, 6.45) is 4.26. The molecule has 2 aromatic carbocycles. The second kappa shape index (κ2) is 8.88. The number of fused-ring (bicyclic) bond motifs is 3. The summed E-state index contributed by atoms with van der Waals surface area (Å²) in [5, 5.41) is 13.3. The summed E-state index contributed by atoms with van der Waals surface area (Å²) in [5.74, 6) is 0.712. The van der Waals surface area contributed by atoms with Gasteiger partial charge in [0.2, 0.25) is 5.91 Å². The third-order valence-corrected chi connectivity index (χ3v) is 8.94. The normalized spacial score (nSPS) is 23.9. The maximum absolute atomic E-state index is 13.9. The highest BCUT2D eigenvalue weighted by Crippen LogP contribution is 2.49. The van der Waals surface area contributed by atoms with E-state index in [4.69, 9.17) is 8.83 Å². The van der Waals surface area contributed by atoms with Crippen molar-refractivity contribution < 1.29 is 18.7 Å². The van der Waals surface area contributed by atoms with Gasteiger partial charge in [0.15, 0.2) is 0 Å². The van der Waals surface area contributed by atoms with Gasteiger partial charge in [-0.15, -0.1) is 0 Å². The summed E-state index contributed by atoms with van der Waals surface area (Å²) in [4.78, 5) is 28.9. The zero-order chi connectivity index (χ0) is 25.9. The topological polar surface area (TPSA) is 83.9 Å². The molecule has 0 unspecified atom stereocenters. The number of piperidine rings is 1. The van der Waals surface area contributed by atoms with E-state index in [-0.39, 0.29) is 24.3 Å². The number of amides is 1.